The van der Waals surface area contributed by atoms with E-state index >= 15 is 0 Å². The van der Waals surface area contributed by atoms with Gasteiger partial charge in [-0.2, -0.15) is 5.10 Å². The Hall–Kier alpha value is -2.30. The molecule has 5 heteroatoms. The van der Waals surface area contributed by atoms with E-state index in [1.54, 1.807) is 12.1 Å². The Morgan fingerprint density at radius 3 is 2.57 bits per heavy atom. The van der Waals surface area contributed by atoms with Crippen LogP contribution in [-0.2, 0) is 6.54 Å². The van der Waals surface area contributed by atoms with E-state index in [9.17, 15) is 4.79 Å². The smallest absolute Gasteiger partial charge is 0.251 e. The van der Waals surface area contributed by atoms with Crippen molar-refractivity contribution in [3.63, 3.8) is 0 Å². The van der Waals surface area contributed by atoms with Gasteiger partial charge in [0, 0.05) is 23.9 Å². The van der Waals surface area contributed by atoms with Crippen molar-refractivity contribution in [3.8, 4) is 5.75 Å². The first-order chi connectivity index (χ1) is 11.0. The monoisotopic (exact) mass is 315 g/mol. The highest BCUT2D eigenvalue weighted by molar-refractivity contribution is 5.94. The number of aryl methyl sites for hydroxylation is 2. The van der Waals surface area contributed by atoms with Gasteiger partial charge in [0.2, 0.25) is 0 Å². The van der Waals surface area contributed by atoms with Crippen LogP contribution in [0.15, 0.2) is 30.5 Å². The second-order valence-electron chi connectivity index (χ2n) is 5.59. The topological polar surface area (TPSA) is 56.1 Å². The minimum Gasteiger partial charge on any atom is -0.494 e. The number of amides is 1. The summed E-state index contributed by atoms with van der Waals surface area (Å²) in [5, 5.41) is 7.44. The van der Waals surface area contributed by atoms with Crippen LogP contribution < -0.4 is 10.1 Å². The molecule has 1 unspecified atom stereocenters. The van der Waals surface area contributed by atoms with Crippen molar-refractivity contribution in [2.24, 2.45) is 0 Å². The Bertz CT molecular complexity index is 647. The number of hydrogen-bond acceptors (Lipinski definition) is 3. The molecule has 0 aliphatic carbocycles. The van der Waals surface area contributed by atoms with E-state index < -0.39 is 0 Å². The van der Waals surface area contributed by atoms with Gasteiger partial charge < -0.3 is 10.1 Å². The lowest BCUT2D eigenvalue weighted by atomic mass is 10.1. The standard InChI is InChI=1S/C18H25N3O2/c1-5-11-23-16-9-7-15(8-10-16)18(22)19-13(3)17-12-21(6-2)20-14(17)4/h7-10,12-13H,5-6,11H2,1-4H3,(H,19,22). The maximum atomic E-state index is 12.4. The van der Waals surface area contributed by atoms with Crippen LogP contribution in [0.3, 0.4) is 0 Å². The predicted octanol–water partition coefficient (Wildman–Crippen LogP) is 3.49. The van der Waals surface area contributed by atoms with E-state index in [-0.39, 0.29) is 11.9 Å². The largest absolute Gasteiger partial charge is 0.494 e. The van der Waals surface area contributed by atoms with Gasteiger partial charge in [-0.3, -0.25) is 9.48 Å². The average Bonchev–Trinajstić information content (AvgIpc) is 2.94. The van der Waals surface area contributed by atoms with Gasteiger partial charge >= 0.3 is 0 Å². The summed E-state index contributed by atoms with van der Waals surface area (Å²) in [6, 6.07) is 7.15. The fraction of sp³-hybridized carbons (Fsp3) is 0.444. The second kappa shape index (κ2) is 7.81. The molecule has 124 valence electrons. The van der Waals surface area contributed by atoms with Crippen molar-refractivity contribution in [1.82, 2.24) is 15.1 Å². The summed E-state index contributed by atoms with van der Waals surface area (Å²) in [7, 11) is 0. The zero-order valence-corrected chi connectivity index (χ0v) is 14.3. The molecule has 1 amide bonds. The molecule has 1 atom stereocenters. The molecular formula is C18H25N3O2. The molecule has 2 aromatic rings. The van der Waals surface area contributed by atoms with Crippen LogP contribution in [-0.4, -0.2) is 22.3 Å². The highest BCUT2D eigenvalue weighted by Gasteiger charge is 2.15. The van der Waals surface area contributed by atoms with Crippen LogP contribution >= 0.6 is 0 Å². The number of carbonyl (C=O) groups excluding carboxylic acids is 1. The summed E-state index contributed by atoms with van der Waals surface area (Å²) in [6.45, 7) is 9.54. The van der Waals surface area contributed by atoms with Crippen LogP contribution in [0, 0.1) is 6.92 Å². The molecule has 0 saturated carbocycles. The van der Waals surface area contributed by atoms with E-state index in [1.807, 2.05) is 43.8 Å². The molecule has 0 bridgehead atoms. The van der Waals surface area contributed by atoms with Gasteiger partial charge in [-0.1, -0.05) is 6.92 Å². The van der Waals surface area contributed by atoms with Crippen molar-refractivity contribution in [2.75, 3.05) is 6.61 Å². The van der Waals surface area contributed by atoms with Gasteiger partial charge in [0.15, 0.2) is 0 Å². The summed E-state index contributed by atoms with van der Waals surface area (Å²) in [5.74, 6) is 0.694. The third kappa shape index (κ3) is 4.34. The maximum absolute atomic E-state index is 12.4. The Morgan fingerprint density at radius 1 is 1.30 bits per heavy atom. The van der Waals surface area contributed by atoms with Crippen molar-refractivity contribution in [3.05, 3.63) is 47.3 Å². The molecule has 0 aliphatic rings. The zero-order valence-electron chi connectivity index (χ0n) is 14.3. The quantitative estimate of drug-likeness (QED) is 0.851. The summed E-state index contributed by atoms with van der Waals surface area (Å²) < 4.78 is 7.41. The summed E-state index contributed by atoms with van der Waals surface area (Å²) in [4.78, 5) is 12.4. The second-order valence-corrected chi connectivity index (χ2v) is 5.59. The van der Waals surface area contributed by atoms with Crippen LogP contribution in [0.25, 0.3) is 0 Å². The fourth-order valence-corrected chi connectivity index (χ4v) is 2.40. The minimum atomic E-state index is -0.0943. The van der Waals surface area contributed by atoms with Crippen molar-refractivity contribution >= 4 is 5.91 Å². The van der Waals surface area contributed by atoms with Gasteiger partial charge in [0.05, 0.1) is 18.3 Å². The molecule has 1 aromatic heterocycles. The van der Waals surface area contributed by atoms with E-state index in [4.69, 9.17) is 4.74 Å². The van der Waals surface area contributed by atoms with E-state index in [1.165, 1.54) is 0 Å². The summed E-state index contributed by atoms with van der Waals surface area (Å²) >= 11 is 0. The lowest BCUT2D eigenvalue weighted by Gasteiger charge is -2.13. The molecule has 0 saturated heterocycles. The van der Waals surface area contributed by atoms with E-state index in [0.29, 0.717) is 12.2 Å². The molecule has 0 spiro atoms. The molecule has 1 heterocycles. The molecule has 0 radical (unpaired) electrons. The van der Waals surface area contributed by atoms with E-state index in [0.717, 1.165) is 30.0 Å². The summed E-state index contributed by atoms with van der Waals surface area (Å²) in [5.41, 5.74) is 2.62. The molecular weight excluding hydrogens is 290 g/mol. The summed E-state index contributed by atoms with van der Waals surface area (Å²) in [6.07, 6.45) is 2.95. The molecule has 1 N–H and O–H groups in total. The number of aromatic nitrogens is 2. The number of benzene rings is 1. The Morgan fingerprint density at radius 2 is 2.00 bits per heavy atom. The van der Waals surface area contributed by atoms with Crippen molar-refractivity contribution in [2.45, 2.75) is 46.7 Å². The normalized spacial score (nSPS) is 12.0. The predicted molar refractivity (Wildman–Crippen MR) is 90.7 cm³/mol. The molecule has 2 rings (SSSR count). The van der Waals surface area contributed by atoms with Gasteiger partial charge in [-0.15, -0.1) is 0 Å². The number of nitrogens with one attached hydrogen (secondary N) is 1. The highest BCUT2D eigenvalue weighted by Crippen LogP contribution is 2.18. The first-order valence-corrected chi connectivity index (χ1v) is 8.12. The van der Waals surface area contributed by atoms with Crippen LogP contribution in [0.5, 0.6) is 5.75 Å². The SMILES string of the molecule is CCCOc1ccc(C(=O)NC(C)c2cn(CC)nc2C)cc1. The average molecular weight is 315 g/mol. The molecule has 1 aromatic carbocycles. The molecule has 5 nitrogen and oxygen atoms in total. The first-order valence-electron chi connectivity index (χ1n) is 8.12. The fourth-order valence-electron chi connectivity index (χ4n) is 2.40. The number of ether oxygens (including phenoxy) is 1. The number of rotatable bonds is 7. The van der Waals surface area contributed by atoms with Crippen molar-refractivity contribution < 1.29 is 9.53 Å². The maximum Gasteiger partial charge on any atom is 0.251 e. The minimum absolute atomic E-state index is 0.0844. The van der Waals surface area contributed by atoms with Gasteiger partial charge in [-0.05, 0) is 51.5 Å². The van der Waals surface area contributed by atoms with Gasteiger partial charge in [0.25, 0.3) is 5.91 Å². The Balaban J connectivity index is 2.01. The lowest BCUT2D eigenvalue weighted by Crippen LogP contribution is -2.26. The molecule has 23 heavy (non-hydrogen) atoms. The van der Waals surface area contributed by atoms with Gasteiger partial charge in [0.1, 0.15) is 5.75 Å². The lowest BCUT2D eigenvalue weighted by molar-refractivity contribution is 0.0940. The van der Waals surface area contributed by atoms with Crippen LogP contribution in [0.1, 0.15) is 54.8 Å². The first kappa shape index (κ1) is 17.1. The number of hydrogen-bond donors (Lipinski definition) is 1. The van der Waals surface area contributed by atoms with Crippen molar-refractivity contribution in [1.29, 1.82) is 0 Å². The third-order valence-electron chi connectivity index (χ3n) is 3.71. The highest BCUT2D eigenvalue weighted by atomic mass is 16.5. The van der Waals surface area contributed by atoms with Gasteiger partial charge in [-0.25, -0.2) is 0 Å². The zero-order chi connectivity index (χ0) is 16.8. The number of nitrogens with zero attached hydrogens (tertiary/aromatic N) is 2. The Labute approximate surface area is 137 Å². The van der Waals surface area contributed by atoms with Crippen LogP contribution in [0.4, 0.5) is 0 Å². The third-order valence-corrected chi connectivity index (χ3v) is 3.71. The molecule has 0 fully saturated rings. The molecule has 0 aliphatic heterocycles. The van der Waals surface area contributed by atoms with E-state index in [2.05, 4.69) is 17.3 Å². The van der Waals surface area contributed by atoms with Crippen LogP contribution in [0.2, 0.25) is 0 Å². The Kier molecular flexibility index (Phi) is 5.79. The number of carbonyl (C=O) groups is 1.